The molecule has 4 heteroatoms. The lowest BCUT2D eigenvalue weighted by Crippen LogP contribution is -2.16. The Kier molecular flexibility index (Phi) is 4.69. The smallest absolute Gasteiger partial charge is 0.141 e. The van der Waals surface area contributed by atoms with Crippen molar-refractivity contribution < 1.29 is 13.9 Å². The van der Waals surface area contributed by atoms with E-state index in [0.717, 1.165) is 0 Å². The van der Waals surface area contributed by atoms with Crippen LogP contribution in [0.4, 0.5) is 4.39 Å². The van der Waals surface area contributed by atoms with Crippen LogP contribution < -0.4 is 4.74 Å². The lowest BCUT2D eigenvalue weighted by molar-refractivity contribution is 0.145. The molecule has 0 amide bonds. The molecule has 0 spiro atoms. The number of methoxy groups -OCH3 is 1. The van der Waals surface area contributed by atoms with Crippen molar-refractivity contribution >= 4 is 0 Å². The highest BCUT2D eigenvalue weighted by atomic mass is 19.1. The van der Waals surface area contributed by atoms with Gasteiger partial charge in [-0.3, -0.25) is 0 Å². The Hall–Kier alpha value is -1.60. The van der Waals surface area contributed by atoms with Gasteiger partial charge in [-0.15, -0.1) is 0 Å². The molecule has 0 saturated carbocycles. The van der Waals surface area contributed by atoms with Crippen molar-refractivity contribution in [3.63, 3.8) is 0 Å². The van der Waals surface area contributed by atoms with E-state index in [4.69, 9.17) is 14.7 Å². The standard InChI is InChI=1S/C14H18FNO2/c1-14(2,3)12-8-11(15)7-10(9-16)13(12)18-6-5-17-4/h7-8H,5-6H2,1-4H3. The number of nitriles is 1. The predicted molar refractivity (Wildman–Crippen MR) is 67.2 cm³/mol. The van der Waals surface area contributed by atoms with Gasteiger partial charge < -0.3 is 9.47 Å². The van der Waals surface area contributed by atoms with E-state index < -0.39 is 5.82 Å². The summed E-state index contributed by atoms with van der Waals surface area (Å²) in [4.78, 5) is 0. The Morgan fingerprint density at radius 1 is 1.28 bits per heavy atom. The van der Waals surface area contributed by atoms with E-state index in [2.05, 4.69) is 0 Å². The number of rotatable bonds is 4. The zero-order valence-electron chi connectivity index (χ0n) is 11.2. The molecule has 0 aromatic heterocycles. The number of nitrogens with zero attached hydrogens (tertiary/aromatic N) is 1. The summed E-state index contributed by atoms with van der Waals surface area (Å²) in [6, 6.07) is 4.58. The van der Waals surface area contributed by atoms with Crippen molar-refractivity contribution in [1.29, 1.82) is 5.26 Å². The summed E-state index contributed by atoms with van der Waals surface area (Å²) < 4.78 is 24.0. The Labute approximate surface area is 107 Å². The van der Waals surface area contributed by atoms with Gasteiger partial charge in [0, 0.05) is 12.7 Å². The zero-order valence-corrected chi connectivity index (χ0v) is 11.2. The first kappa shape index (κ1) is 14.5. The van der Waals surface area contributed by atoms with Crippen LogP contribution >= 0.6 is 0 Å². The zero-order chi connectivity index (χ0) is 13.8. The molecule has 0 saturated heterocycles. The lowest BCUT2D eigenvalue weighted by atomic mass is 9.85. The molecule has 1 aromatic carbocycles. The van der Waals surface area contributed by atoms with Gasteiger partial charge in [-0.2, -0.15) is 5.26 Å². The van der Waals surface area contributed by atoms with Crippen molar-refractivity contribution in [2.45, 2.75) is 26.2 Å². The summed E-state index contributed by atoms with van der Waals surface area (Å²) in [5.41, 5.74) is 0.613. The average molecular weight is 251 g/mol. The maximum atomic E-state index is 13.5. The summed E-state index contributed by atoms with van der Waals surface area (Å²) in [6.07, 6.45) is 0. The molecule has 0 atom stereocenters. The second-order valence-electron chi connectivity index (χ2n) is 5.03. The summed E-state index contributed by atoms with van der Waals surface area (Å²) in [7, 11) is 1.57. The molecule has 0 aliphatic rings. The monoisotopic (exact) mass is 251 g/mol. The normalized spacial score (nSPS) is 11.1. The molecule has 0 aliphatic carbocycles. The van der Waals surface area contributed by atoms with Crippen LogP contribution in [0.25, 0.3) is 0 Å². The number of halogens is 1. The van der Waals surface area contributed by atoms with Crippen LogP contribution in [0.2, 0.25) is 0 Å². The van der Waals surface area contributed by atoms with Crippen LogP contribution in [-0.2, 0) is 10.2 Å². The second-order valence-corrected chi connectivity index (χ2v) is 5.03. The third kappa shape index (κ3) is 3.44. The van der Waals surface area contributed by atoms with Gasteiger partial charge in [0.25, 0.3) is 0 Å². The van der Waals surface area contributed by atoms with Crippen LogP contribution in [0.3, 0.4) is 0 Å². The Balaban J connectivity index is 3.22. The summed E-state index contributed by atoms with van der Waals surface area (Å²) in [5, 5.41) is 9.06. The fraction of sp³-hybridized carbons (Fsp3) is 0.500. The molecule has 18 heavy (non-hydrogen) atoms. The predicted octanol–water partition coefficient (Wildman–Crippen LogP) is 3.02. The molecule has 0 bridgehead atoms. The fourth-order valence-corrected chi connectivity index (χ4v) is 1.62. The van der Waals surface area contributed by atoms with E-state index in [9.17, 15) is 4.39 Å². The molecule has 0 heterocycles. The van der Waals surface area contributed by atoms with E-state index in [1.165, 1.54) is 12.1 Å². The van der Waals surface area contributed by atoms with Crippen molar-refractivity contribution in [2.24, 2.45) is 0 Å². The molecule has 3 nitrogen and oxygen atoms in total. The quantitative estimate of drug-likeness (QED) is 0.772. The molecule has 0 N–H and O–H groups in total. The van der Waals surface area contributed by atoms with E-state index in [-0.39, 0.29) is 11.0 Å². The molecular formula is C14H18FNO2. The van der Waals surface area contributed by atoms with Gasteiger partial charge in [0.05, 0.1) is 12.2 Å². The van der Waals surface area contributed by atoms with Gasteiger partial charge >= 0.3 is 0 Å². The van der Waals surface area contributed by atoms with Crippen molar-refractivity contribution in [3.8, 4) is 11.8 Å². The average Bonchev–Trinajstić information content (AvgIpc) is 2.29. The van der Waals surface area contributed by atoms with Crippen LogP contribution in [0.1, 0.15) is 31.9 Å². The molecule has 98 valence electrons. The second kappa shape index (κ2) is 5.83. The summed E-state index contributed by atoms with van der Waals surface area (Å²) >= 11 is 0. The van der Waals surface area contributed by atoms with Crippen molar-refractivity contribution in [1.82, 2.24) is 0 Å². The minimum Gasteiger partial charge on any atom is -0.489 e. The van der Waals surface area contributed by atoms with Gasteiger partial charge in [0.1, 0.15) is 24.2 Å². The SMILES string of the molecule is COCCOc1c(C#N)cc(F)cc1C(C)(C)C. The molecule has 0 unspecified atom stereocenters. The highest BCUT2D eigenvalue weighted by Crippen LogP contribution is 2.34. The van der Waals surface area contributed by atoms with E-state index in [1.807, 2.05) is 26.8 Å². The van der Waals surface area contributed by atoms with Crippen molar-refractivity contribution in [3.05, 3.63) is 29.1 Å². The largest absolute Gasteiger partial charge is 0.489 e. The van der Waals surface area contributed by atoms with E-state index >= 15 is 0 Å². The summed E-state index contributed by atoms with van der Waals surface area (Å²) in [5.74, 6) is 0.0269. The van der Waals surface area contributed by atoms with Crippen LogP contribution in [0, 0.1) is 17.1 Å². The van der Waals surface area contributed by atoms with Gasteiger partial charge in [0.15, 0.2) is 0 Å². The van der Waals surface area contributed by atoms with E-state index in [1.54, 1.807) is 7.11 Å². The third-order valence-electron chi connectivity index (χ3n) is 2.52. The van der Waals surface area contributed by atoms with Gasteiger partial charge in [-0.25, -0.2) is 4.39 Å². The first-order chi connectivity index (χ1) is 8.40. The lowest BCUT2D eigenvalue weighted by Gasteiger charge is -2.23. The molecular weight excluding hydrogens is 233 g/mol. The highest BCUT2D eigenvalue weighted by Gasteiger charge is 2.23. The minimum absolute atomic E-state index is 0.219. The molecule has 0 fully saturated rings. The molecule has 0 aliphatic heterocycles. The first-order valence-electron chi connectivity index (χ1n) is 5.76. The van der Waals surface area contributed by atoms with Crippen LogP contribution in [0.5, 0.6) is 5.75 Å². The Morgan fingerprint density at radius 2 is 1.94 bits per heavy atom. The highest BCUT2D eigenvalue weighted by molar-refractivity contribution is 5.51. The number of hydrogen-bond donors (Lipinski definition) is 0. The maximum absolute atomic E-state index is 13.5. The molecule has 1 rings (SSSR count). The molecule has 0 radical (unpaired) electrons. The minimum atomic E-state index is -0.421. The molecule has 1 aromatic rings. The van der Waals surface area contributed by atoms with Crippen LogP contribution in [0.15, 0.2) is 12.1 Å². The Morgan fingerprint density at radius 3 is 2.44 bits per heavy atom. The van der Waals surface area contributed by atoms with Crippen LogP contribution in [-0.4, -0.2) is 20.3 Å². The van der Waals surface area contributed by atoms with Gasteiger partial charge in [-0.1, -0.05) is 20.8 Å². The van der Waals surface area contributed by atoms with Crippen molar-refractivity contribution in [2.75, 3.05) is 20.3 Å². The summed E-state index contributed by atoms with van der Waals surface area (Å²) in [6.45, 7) is 6.61. The number of ether oxygens (including phenoxy) is 2. The van der Waals surface area contributed by atoms with E-state index in [0.29, 0.717) is 24.5 Å². The number of benzene rings is 1. The van der Waals surface area contributed by atoms with Gasteiger partial charge in [0.2, 0.25) is 0 Å². The third-order valence-corrected chi connectivity index (χ3v) is 2.52. The van der Waals surface area contributed by atoms with Gasteiger partial charge in [-0.05, 0) is 17.5 Å². The fourth-order valence-electron chi connectivity index (χ4n) is 1.62. The Bertz CT molecular complexity index is 458. The first-order valence-corrected chi connectivity index (χ1v) is 5.76. The maximum Gasteiger partial charge on any atom is 0.141 e. The topological polar surface area (TPSA) is 42.2 Å². The number of hydrogen-bond acceptors (Lipinski definition) is 3.